The molecule has 3 heteroatoms. The first kappa shape index (κ1) is 9.46. The summed E-state index contributed by atoms with van der Waals surface area (Å²) in [5, 5.41) is 0. The fourth-order valence-electron chi connectivity index (χ4n) is 1.96. The van der Waals surface area contributed by atoms with E-state index in [0.29, 0.717) is 12.4 Å². The van der Waals surface area contributed by atoms with Crippen LogP contribution in [0.15, 0.2) is 18.2 Å². The Morgan fingerprint density at radius 2 is 2.36 bits per heavy atom. The second-order valence-corrected chi connectivity index (χ2v) is 3.76. The van der Waals surface area contributed by atoms with E-state index in [1.54, 1.807) is 6.07 Å². The summed E-state index contributed by atoms with van der Waals surface area (Å²) in [5.41, 5.74) is 6.76. The van der Waals surface area contributed by atoms with E-state index in [1.807, 2.05) is 13.0 Å². The lowest BCUT2D eigenvalue weighted by molar-refractivity contribution is 0.245. The monoisotopic (exact) mass is 195 g/mol. The van der Waals surface area contributed by atoms with Crippen molar-refractivity contribution in [3.63, 3.8) is 0 Å². The smallest absolute Gasteiger partial charge is 0.165 e. The minimum absolute atomic E-state index is 0.0412. The summed E-state index contributed by atoms with van der Waals surface area (Å²) in [7, 11) is 0. The maximum absolute atomic E-state index is 13.3. The number of ether oxygens (including phenoxy) is 1. The molecule has 1 aromatic carbocycles. The number of nitrogens with two attached hydrogens (primary N) is 1. The van der Waals surface area contributed by atoms with E-state index in [1.165, 1.54) is 6.07 Å². The zero-order valence-electron chi connectivity index (χ0n) is 8.16. The molecule has 76 valence electrons. The number of para-hydroxylation sites is 1. The summed E-state index contributed by atoms with van der Waals surface area (Å²) in [6, 6.07) is 5.06. The van der Waals surface area contributed by atoms with Crippen LogP contribution < -0.4 is 10.5 Å². The van der Waals surface area contributed by atoms with Crippen LogP contribution in [0.4, 0.5) is 4.39 Å². The third-order valence-electron chi connectivity index (χ3n) is 2.71. The van der Waals surface area contributed by atoms with E-state index in [2.05, 4.69) is 0 Å². The van der Waals surface area contributed by atoms with Crippen molar-refractivity contribution in [3.05, 3.63) is 29.6 Å². The SMILES string of the molecule is CC(N)C1CCOc2c(F)cccc21. The molecule has 1 aromatic rings. The summed E-state index contributed by atoms with van der Waals surface area (Å²) in [6.45, 7) is 2.50. The second kappa shape index (κ2) is 3.58. The Balaban J connectivity index is 2.44. The molecule has 0 aliphatic carbocycles. The molecular weight excluding hydrogens is 181 g/mol. The molecule has 0 saturated heterocycles. The van der Waals surface area contributed by atoms with Crippen LogP contribution in [0, 0.1) is 5.82 Å². The van der Waals surface area contributed by atoms with Crippen LogP contribution >= 0.6 is 0 Å². The van der Waals surface area contributed by atoms with E-state index in [0.717, 1.165) is 12.0 Å². The Bertz CT molecular complexity index is 338. The molecule has 0 aromatic heterocycles. The van der Waals surface area contributed by atoms with Crippen molar-refractivity contribution in [2.45, 2.75) is 25.3 Å². The lowest BCUT2D eigenvalue weighted by atomic mass is 9.88. The zero-order chi connectivity index (χ0) is 10.1. The van der Waals surface area contributed by atoms with Crippen LogP contribution in [0.1, 0.15) is 24.8 Å². The van der Waals surface area contributed by atoms with Gasteiger partial charge in [0.2, 0.25) is 0 Å². The highest BCUT2D eigenvalue weighted by molar-refractivity contribution is 5.39. The van der Waals surface area contributed by atoms with Gasteiger partial charge < -0.3 is 10.5 Å². The fourth-order valence-corrected chi connectivity index (χ4v) is 1.96. The average Bonchev–Trinajstić information content (AvgIpc) is 2.17. The average molecular weight is 195 g/mol. The van der Waals surface area contributed by atoms with Crippen LogP contribution in [0.5, 0.6) is 5.75 Å². The highest BCUT2D eigenvalue weighted by atomic mass is 19.1. The van der Waals surface area contributed by atoms with Gasteiger partial charge >= 0.3 is 0 Å². The first-order valence-corrected chi connectivity index (χ1v) is 4.87. The molecule has 2 unspecified atom stereocenters. The van der Waals surface area contributed by atoms with Crippen LogP contribution in [0.2, 0.25) is 0 Å². The Morgan fingerprint density at radius 1 is 1.57 bits per heavy atom. The maximum Gasteiger partial charge on any atom is 0.165 e. The summed E-state index contributed by atoms with van der Waals surface area (Å²) >= 11 is 0. The van der Waals surface area contributed by atoms with Gasteiger partial charge in [0.1, 0.15) is 0 Å². The minimum Gasteiger partial charge on any atom is -0.490 e. The molecule has 0 saturated carbocycles. The molecule has 1 heterocycles. The molecule has 2 N–H and O–H groups in total. The van der Waals surface area contributed by atoms with Gasteiger partial charge in [-0.25, -0.2) is 4.39 Å². The molecule has 0 fully saturated rings. The van der Waals surface area contributed by atoms with E-state index in [-0.39, 0.29) is 17.8 Å². The van der Waals surface area contributed by atoms with Crippen molar-refractivity contribution in [3.8, 4) is 5.75 Å². The summed E-state index contributed by atoms with van der Waals surface area (Å²) in [4.78, 5) is 0. The van der Waals surface area contributed by atoms with Gasteiger partial charge in [0.05, 0.1) is 6.61 Å². The maximum atomic E-state index is 13.3. The summed E-state index contributed by atoms with van der Waals surface area (Å²) < 4.78 is 18.6. The van der Waals surface area contributed by atoms with Crippen molar-refractivity contribution in [1.82, 2.24) is 0 Å². The van der Waals surface area contributed by atoms with E-state index >= 15 is 0 Å². The lowest BCUT2D eigenvalue weighted by Gasteiger charge is -2.28. The van der Waals surface area contributed by atoms with Gasteiger partial charge in [-0.05, 0) is 19.4 Å². The van der Waals surface area contributed by atoms with Gasteiger partial charge in [0.15, 0.2) is 11.6 Å². The molecular formula is C11H14FNO. The van der Waals surface area contributed by atoms with E-state index in [4.69, 9.17) is 10.5 Å². The van der Waals surface area contributed by atoms with Gasteiger partial charge in [-0.3, -0.25) is 0 Å². The molecule has 0 radical (unpaired) electrons. The second-order valence-electron chi connectivity index (χ2n) is 3.76. The standard InChI is InChI=1S/C11H14FNO/c1-7(13)8-5-6-14-11-9(8)3-2-4-10(11)12/h2-4,7-8H,5-6,13H2,1H3. The third kappa shape index (κ3) is 1.48. The van der Waals surface area contributed by atoms with Crippen molar-refractivity contribution >= 4 is 0 Å². The molecule has 1 aliphatic rings. The predicted octanol–water partition coefficient (Wildman–Crippen LogP) is 2.04. The Kier molecular flexibility index (Phi) is 2.42. The van der Waals surface area contributed by atoms with Gasteiger partial charge in [0, 0.05) is 17.5 Å². The first-order valence-electron chi connectivity index (χ1n) is 4.87. The first-order chi connectivity index (χ1) is 6.70. The largest absolute Gasteiger partial charge is 0.490 e. The van der Waals surface area contributed by atoms with E-state index < -0.39 is 0 Å². The topological polar surface area (TPSA) is 35.2 Å². The highest BCUT2D eigenvalue weighted by Crippen LogP contribution is 2.36. The fraction of sp³-hybridized carbons (Fsp3) is 0.455. The molecule has 14 heavy (non-hydrogen) atoms. The van der Waals surface area contributed by atoms with Crippen LogP contribution in [-0.4, -0.2) is 12.6 Å². The van der Waals surface area contributed by atoms with Crippen molar-refractivity contribution in [1.29, 1.82) is 0 Å². The molecule has 0 amide bonds. The normalized spacial score (nSPS) is 22.4. The minimum atomic E-state index is -0.284. The molecule has 0 bridgehead atoms. The number of halogens is 1. The molecule has 1 aliphatic heterocycles. The molecule has 2 rings (SSSR count). The van der Waals surface area contributed by atoms with Crippen LogP contribution in [-0.2, 0) is 0 Å². The Labute approximate surface area is 82.9 Å². The summed E-state index contributed by atoms with van der Waals surface area (Å²) in [5.74, 6) is 0.323. The number of fused-ring (bicyclic) bond motifs is 1. The van der Waals surface area contributed by atoms with Crippen LogP contribution in [0.25, 0.3) is 0 Å². The number of rotatable bonds is 1. The predicted molar refractivity (Wildman–Crippen MR) is 52.9 cm³/mol. The number of benzene rings is 1. The van der Waals surface area contributed by atoms with Crippen molar-refractivity contribution < 1.29 is 9.13 Å². The van der Waals surface area contributed by atoms with Gasteiger partial charge in [-0.1, -0.05) is 12.1 Å². The summed E-state index contributed by atoms with van der Waals surface area (Å²) in [6.07, 6.45) is 0.869. The van der Waals surface area contributed by atoms with Crippen molar-refractivity contribution in [2.24, 2.45) is 5.73 Å². The van der Waals surface area contributed by atoms with E-state index in [9.17, 15) is 4.39 Å². The zero-order valence-corrected chi connectivity index (χ0v) is 8.16. The Morgan fingerprint density at radius 3 is 3.07 bits per heavy atom. The van der Waals surface area contributed by atoms with Crippen LogP contribution in [0.3, 0.4) is 0 Å². The molecule has 2 atom stereocenters. The lowest BCUT2D eigenvalue weighted by Crippen LogP contribution is -2.29. The molecule has 2 nitrogen and oxygen atoms in total. The van der Waals surface area contributed by atoms with Gasteiger partial charge in [-0.15, -0.1) is 0 Å². The highest BCUT2D eigenvalue weighted by Gasteiger charge is 2.26. The van der Waals surface area contributed by atoms with Gasteiger partial charge in [0.25, 0.3) is 0 Å². The van der Waals surface area contributed by atoms with Crippen molar-refractivity contribution in [2.75, 3.05) is 6.61 Å². The number of hydrogen-bond acceptors (Lipinski definition) is 2. The van der Waals surface area contributed by atoms with Gasteiger partial charge in [-0.2, -0.15) is 0 Å². The third-order valence-corrected chi connectivity index (χ3v) is 2.71. The Hall–Kier alpha value is -1.09. The molecule has 0 spiro atoms. The number of hydrogen-bond donors (Lipinski definition) is 1. The quantitative estimate of drug-likeness (QED) is 0.744.